The van der Waals surface area contributed by atoms with Gasteiger partial charge in [0.2, 0.25) is 5.91 Å². The van der Waals surface area contributed by atoms with Crippen molar-refractivity contribution in [2.24, 2.45) is 0 Å². The topological polar surface area (TPSA) is 40.6 Å². The predicted octanol–water partition coefficient (Wildman–Crippen LogP) is 2.36. The molecule has 2 atom stereocenters. The van der Waals surface area contributed by atoms with Crippen molar-refractivity contribution in [3.05, 3.63) is 35.9 Å². The molecule has 0 aromatic heterocycles. The van der Waals surface area contributed by atoms with Crippen LogP contribution in [-0.2, 0) is 9.59 Å². The number of fused-ring (bicyclic) bond motifs is 1. The summed E-state index contributed by atoms with van der Waals surface area (Å²) in [5.41, 5.74) is 0.924. The van der Waals surface area contributed by atoms with Crippen LogP contribution in [0, 0.1) is 0 Å². The predicted molar refractivity (Wildman–Crippen MR) is 80.5 cm³/mol. The molecule has 0 N–H and O–H groups in total. The fraction of sp³-hybridized carbons (Fsp3) is 0.529. The Balaban J connectivity index is 1.98. The van der Waals surface area contributed by atoms with Gasteiger partial charge in [0.05, 0.1) is 0 Å². The number of benzene rings is 1. The molecule has 2 heterocycles. The molecule has 2 saturated heterocycles. The number of rotatable bonds is 3. The molecule has 1 aromatic carbocycles. The molecule has 0 bridgehead atoms. The third kappa shape index (κ3) is 2.43. The maximum atomic E-state index is 12.9. The van der Waals surface area contributed by atoms with Crippen LogP contribution < -0.4 is 0 Å². The van der Waals surface area contributed by atoms with Crippen molar-refractivity contribution in [2.75, 3.05) is 13.1 Å². The number of carbonyl (C=O) groups excluding carboxylic acids is 2. The molecule has 0 aliphatic carbocycles. The van der Waals surface area contributed by atoms with Crippen molar-refractivity contribution in [1.29, 1.82) is 0 Å². The van der Waals surface area contributed by atoms with Gasteiger partial charge < -0.3 is 9.80 Å². The first-order valence-corrected chi connectivity index (χ1v) is 7.90. The lowest BCUT2D eigenvalue weighted by Crippen LogP contribution is -2.62. The second-order valence-corrected chi connectivity index (χ2v) is 5.89. The molecule has 112 valence electrons. The normalized spacial score (nSPS) is 26.0. The van der Waals surface area contributed by atoms with Gasteiger partial charge in [-0.3, -0.25) is 9.59 Å². The molecule has 2 aliphatic rings. The standard InChI is InChI=1S/C17H22N2O2/c1-2-11-19-15(13-8-4-3-5-9-13)17(21)18-12-7-6-10-14(18)16(19)20/h3-5,8-9,14-15H,2,6-7,10-12H2,1H3. The molecular weight excluding hydrogens is 264 g/mol. The van der Waals surface area contributed by atoms with Crippen LogP contribution >= 0.6 is 0 Å². The number of piperidine rings is 1. The van der Waals surface area contributed by atoms with Gasteiger partial charge in [0.15, 0.2) is 0 Å². The lowest BCUT2D eigenvalue weighted by Gasteiger charge is -2.47. The lowest BCUT2D eigenvalue weighted by molar-refractivity contribution is -0.164. The monoisotopic (exact) mass is 286 g/mol. The van der Waals surface area contributed by atoms with Crippen LogP contribution in [0.1, 0.15) is 44.2 Å². The van der Waals surface area contributed by atoms with E-state index in [9.17, 15) is 9.59 Å². The molecule has 0 radical (unpaired) electrons. The maximum absolute atomic E-state index is 12.9. The zero-order valence-corrected chi connectivity index (χ0v) is 12.5. The lowest BCUT2D eigenvalue weighted by atomic mass is 9.92. The van der Waals surface area contributed by atoms with Gasteiger partial charge in [0.1, 0.15) is 12.1 Å². The molecule has 0 spiro atoms. The summed E-state index contributed by atoms with van der Waals surface area (Å²) in [5, 5.41) is 0. The molecular formula is C17H22N2O2. The SMILES string of the molecule is CCCN1C(=O)C2CCCCN2C(=O)C1c1ccccc1. The van der Waals surface area contributed by atoms with Crippen molar-refractivity contribution in [2.45, 2.75) is 44.7 Å². The Hall–Kier alpha value is -1.84. The van der Waals surface area contributed by atoms with Gasteiger partial charge in [-0.2, -0.15) is 0 Å². The molecule has 2 unspecified atom stereocenters. The Bertz CT molecular complexity index is 529. The van der Waals surface area contributed by atoms with Gasteiger partial charge in [-0.05, 0) is 31.2 Å². The number of amides is 2. The molecule has 2 aliphatic heterocycles. The van der Waals surface area contributed by atoms with E-state index in [1.54, 1.807) is 4.90 Å². The summed E-state index contributed by atoms with van der Waals surface area (Å²) in [6, 6.07) is 9.03. The van der Waals surface area contributed by atoms with E-state index < -0.39 is 6.04 Å². The van der Waals surface area contributed by atoms with Crippen molar-refractivity contribution < 1.29 is 9.59 Å². The highest BCUT2D eigenvalue weighted by molar-refractivity contribution is 5.97. The number of hydrogen-bond acceptors (Lipinski definition) is 2. The van der Waals surface area contributed by atoms with Crippen LogP contribution in [0.2, 0.25) is 0 Å². The minimum Gasteiger partial charge on any atom is -0.329 e. The summed E-state index contributed by atoms with van der Waals surface area (Å²) in [5.74, 6) is 0.226. The Morgan fingerprint density at radius 1 is 1.10 bits per heavy atom. The highest BCUT2D eigenvalue weighted by atomic mass is 16.2. The second kappa shape index (κ2) is 5.88. The summed E-state index contributed by atoms with van der Waals surface area (Å²) in [4.78, 5) is 29.3. The van der Waals surface area contributed by atoms with E-state index in [4.69, 9.17) is 0 Å². The Labute approximate surface area is 125 Å². The van der Waals surface area contributed by atoms with Crippen LogP contribution in [-0.4, -0.2) is 40.7 Å². The van der Waals surface area contributed by atoms with E-state index in [1.165, 1.54) is 0 Å². The van der Waals surface area contributed by atoms with E-state index in [-0.39, 0.29) is 17.9 Å². The zero-order chi connectivity index (χ0) is 14.8. The summed E-state index contributed by atoms with van der Waals surface area (Å²) in [6.07, 6.45) is 3.72. The molecule has 0 saturated carbocycles. The van der Waals surface area contributed by atoms with Gasteiger partial charge >= 0.3 is 0 Å². The Morgan fingerprint density at radius 2 is 1.86 bits per heavy atom. The molecule has 2 fully saturated rings. The first-order chi connectivity index (χ1) is 10.2. The second-order valence-electron chi connectivity index (χ2n) is 5.89. The Kier molecular flexibility index (Phi) is 3.95. The quantitative estimate of drug-likeness (QED) is 0.856. The summed E-state index contributed by atoms with van der Waals surface area (Å²) >= 11 is 0. The average molecular weight is 286 g/mol. The van der Waals surface area contributed by atoms with Crippen LogP contribution in [0.3, 0.4) is 0 Å². The number of nitrogens with zero attached hydrogens (tertiary/aromatic N) is 2. The highest BCUT2D eigenvalue weighted by Crippen LogP contribution is 2.33. The third-order valence-corrected chi connectivity index (χ3v) is 4.48. The van der Waals surface area contributed by atoms with Crippen LogP contribution in [0.4, 0.5) is 0 Å². The van der Waals surface area contributed by atoms with E-state index >= 15 is 0 Å². The first kappa shape index (κ1) is 14.1. The highest BCUT2D eigenvalue weighted by Gasteiger charge is 2.46. The molecule has 4 heteroatoms. The van der Waals surface area contributed by atoms with E-state index in [0.29, 0.717) is 6.54 Å². The smallest absolute Gasteiger partial charge is 0.250 e. The van der Waals surface area contributed by atoms with Crippen molar-refractivity contribution in [1.82, 2.24) is 9.80 Å². The van der Waals surface area contributed by atoms with Gasteiger partial charge in [0.25, 0.3) is 5.91 Å². The third-order valence-electron chi connectivity index (χ3n) is 4.48. The van der Waals surface area contributed by atoms with Crippen molar-refractivity contribution in [3.63, 3.8) is 0 Å². The minimum absolute atomic E-state index is 0.0963. The van der Waals surface area contributed by atoms with Crippen LogP contribution in [0.25, 0.3) is 0 Å². The van der Waals surface area contributed by atoms with Crippen molar-refractivity contribution >= 4 is 11.8 Å². The van der Waals surface area contributed by atoms with Crippen LogP contribution in [0.15, 0.2) is 30.3 Å². The maximum Gasteiger partial charge on any atom is 0.250 e. The van der Waals surface area contributed by atoms with Crippen molar-refractivity contribution in [3.8, 4) is 0 Å². The van der Waals surface area contributed by atoms with E-state index in [2.05, 4.69) is 0 Å². The largest absolute Gasteiger partial charge is 0.329 e. The molecule has 3 rings (SSSR count). The number of hydrogen-bond donors (Lipinski definition) is 0. The number of carbonyl (C=O) groups is 2. The van der Waals surface area contributed by atoms with Gasteiger partial charge in [-0.25, -0.2) is 0 Å². The van der Waals surface area contributed by atoms with E-state index in [1.807, 2.05) is 42.2 Å². The molecule has 21 heavy (non-hydrogen) atoms. The molecule has 4 nitrogen and oxygen atoms in total. The first-order valence-electron chi connectivity index (χ1n) is 7.90. The fourth-order valence-electron chi connectivity index (χ4n) is 3.50. The summed E-state index contributed by atoms with van der Waals surface area (Å²) in [6.45, 7) is 3.42. The minimum atomic E-state index is -0.437. The average Bonchev–Trinajstić information content (AvgIpc) is 2.54. The van der Waals surface area contributed by atoms with Gasteiger partial charge in [-0.1, -0.05) is 37.3 Å². The molecule has 2 amide bonds. The van der Waals surface area contributed by atoms with Crippen LogP contribution in [0.5, 0.6) is 0 Å². The summed E-state index contributed by atoms with van der Waals surface area (Å²) < 4.78 is 0. The van der Waals surface area contributed by atoms with Gasteiger partial charge in [-0.15, -0.1) is 0 Å². The fourth-order valence-corrected chi connectivity index (χ4v) is 3.50. The summed E-state index contributed by atoms with van der Waals surface area (Å²) in [7, 11) is 0. The van der Waals surface area contributed by atoms with Gasteiger partial charge in [0, 0.05) is 13.1 Å². The zero-order valence-electron chi connectivity index (χ0n) is 12.5. The number of piperazine rings is 1. The Morgan fingerprint density at radius 3 is 2.57 bits per heavy atom. The van der Waals surface area contributed by atoms with E-state index in [0.717, 1.165) is 37.8 Å². The molecule has 1 aromatic rings.